The largest absolute Gasteiger partial charge is 0.436 e. The molecule has 0 unspecified atom stereocenters. The van der Waals surface area contributed by atoms with Crippen LogP contribution in [0.5, 0.6) is 11.6 Å². The molecule has 0 radical (unpaired) electrons. The second kappa shape index (κ2) is 4.86. The number of hydrogen-bond acceptors (Lipinski definition) is 3. The Labute approximate surface area is 112 Å². The van der Waals surface area contributed by atoms with Gasteiger partial charge in [-0.3, -0.25) is 0 Å². The zero-order valence-electron chi connectivity index (χ0n) is 10.6. The lowest BCUT2D eigenvalue weighted by Crippen LogP contribution is -1.98. The van der Waals surface area contributed by atoms with E-state index in [9.17, 15) is 0 Å². The minimum absolute atomic E-state index is 0.345. The average molecular weight is 263 g/mol. The molecule has 2 aromatic rings. The number of hydrogen-bond donors (Lipinski definition) is 1. The molecule has 0 fully saturated rings. The van der Waals surface area contributed by atoms with Crippen LogP contribution in [0.15, 0.2) is 24.3 Å². The SMILES string of the molecule is Cc1cc(C)c(Oc2nc(Cl)ccc2N)c(C)c1. The van der Waals surface area contributed by atoms with Crippen LogP contribution >= 0.6 is 11.6 Å². The van der Waals surface area contributed by atoms with Crippen LogP contribution in [0.1, 0.15) is 16.7 Å². The van der Waals surface area contributed by atoms with E-state index in [1.807, 2.05) is 13.8 Å². The number of nitrogens with two attached hydrogens (primary N) is 1. The number of ether oxygens (including phenoxy) is 1. The number of pyridine rings is 1. The van der Waals surface area contributed by atoms with Crippen molar-refractivity contribution in [1.82, 2.24) is 4.98 Å². The van der Waals surface area contributed by atoms with Gasteiger partial charge in [-0.2, -0.15) is 4.98 Å². The molecule has 0 aliphatic heterocycles. The standard InChI is InChI=1S/C14H15ClN2O/c1-8-6-9(2)13(10(3)7-8)18-14-11(16)4-5-12(15)17-14/h4-7H,16H2,1-3H3. The van der Waals surface area contributed by atoms with Crippen molar-refractivity contribution in [2.24, 2.45) is 0 Å². The summed E-state index contributed by atoms with van der Waals surface area (Å²) in [6.07, 6.45) is 0. The number of benzene rings is 1. The Morgan fingerprint density at radius 2 is 1.72 bits per heavy atom. The highest BCUT2D eigenvalue weighted by atomic mass is 35.5. The van der Waals surface area contributed by atoms with Crippen molar-refractivity contribution >= 4 is 17.3 Å². The highest BCUT2D eigenvalue weighted by Crippen LogP contribution is 2.32. The van der Waals surface area contributed by atoms with Gasteiger partial charge in [-0.1, -0.05) is 29.3 Å². The van der Waals surface area contributed by atoms with E-state index >= 15 is 0 Å². The van der Waals surface area contributed by atoms with Crippen molar-refractivity contribution in [1.29, 1.82) is 0 Å². The lowest BCUT2D eigenvalue weighted by Gasteiger charge is -2.13. The highest BCUT2D eigenvalue weighted by Gasteiger charge is 2.10. The molecule has 1 heterocycles. The van der Waals surface area contributed by atoms with Gasteiger partial charge in [-0.15, -0.1) is 0 Å². The van der Waals surface area contributed by atoms with Gasteiger partial charge in [0.25, 0.3) is 0 Å². The maximum Gasteiger partial charge on any atom is 0.244 e. The molecule has 3 nitrogen and oxygen atoms in total. The molecular formula is C14H15ClN2O. The number of nitrogens with zero attached hydrogens (tertiary/aromatic N) is 1. The third-order valence-corrected chi connectivity index (χ3v) is 2.87. The van der Waals surface area contributed by atoms with Crippen LogP contribution < -0.4 is 10.5 Å². The Morgan fingerprint density at radius 1 is 1.11 bits per heavy atom. The Balaban J connectivity index is 2.43. The second-order valence-electron chi connectivity index (χ2n) is 4.36. The van der Waals surface area contributed by atoms with Gasteiger partial charge < -0.3 is 10.5 Å². The number of nitrogen functional groups attached to an aromatic ring is 1. The number of aromatic nitrogens is 1. The first kappa shape index (κ1) is 12.7. The number of anilines is 1. The molecule has 0 atom stereocenters. The zero-order valence-corrected chi connectivity index (χ0v) is 11.4. The fourth-order valence-corrected chi connectivity index (χ4v) is 2.07. The van der Waals surface area contributed by atoms with Crippen molar-refractivity contribution in [3.8, 4) is 11.6 Å². The maximum absolute atomic E-state index is 5.84. The quantitative estimate of drug-likeness (QED) is 0.831. The van der Waals surface area contributed by atoms with Crippen LogP contribution in [0.25, 0.3) is 0 Å². The molecule has 1 aromatic heterocycles. The Kier molecular flexibility index (Phi) is 3.43. The predicted octanol–water partition coefficient (Wildman–Crippen LogP) is 4.03. The van der Waals surface area contributed by atoms with Gasteiger partial charge in [-0.25, -0.2) is 0 Å². The van der Waals surface area contributed by atoms with Crippen molar-refractivity contribution in [2.75, 3.05) is 5.73 Å². The fraction of sp³-hybridized carbons (Fsp3) is 0.214. The first-order chi connectivity index (χ1) is 8.47. The predicted molar refractivity (Wildman–Crippen MR) is 74.4 cm³/mol. The van der Waals surface area contributed by atoms with E-state index in [0.717, 1.165) is 16.9 Å². The smallest absolute Gasteiger partial charge is 0.244 e. The van der Waals surface area contributed by atoms with Crippen LogP contribution in [-0.4, -0.2) is 4.98 Å². The van der Waals surface area contributed by atoms with Gasteiger partial charge in [0.05, 0.1) is 5.69 Å². The van der Waals surface area contributed by atoms with E-state index in [1.165, 1.54) is 5.56 Å². The summed E-state index contributed by atoms with van der Waals surface area (Å²) < 4.78 is 5.79. The van der Waals surface area contributed by atoms with E-state index in [1.54, 1.807) is 12.1 Å². The van der Waals surface area contributed by atoms with E-state index in [2.05, 4.69) is 24.0 Å². The van der Waals surface area contributed by atoms with Gasteiger partial charge in [0, 0.05) is 0 Å². The molecule has 0 saturated carbocycles. The number of rotatable bonds is 2. The fourth-order valence-electron chi connectivity index (χ4n) is 1.93. The first-order valence-electron chi connectivity index (χ1n) is 5.65. The molecule has 2 rings (SSSR count). The van der Waals surface area contributed by atoms with Crippen molar-refractivity contribution < 1.29 is 4.74 Å². The summed E-state index contributed by atoms with van der Waals surface area (Å²) in [5, 5.41) is 0.363. The molecular weight excluding hydrogens is 248 g/mol. The summed E-state index contributed by atoms with van der Waals surface area (Å²) in [5.41, 5.74) is 9.59. The Hall–Kier alpha value is -1.74. The zero-order chi connectivity index (χ0) is 13.3. The van der Waals surface area contributed by atoms with E-state index in [0.29, 0.717) is 16.7 Å². The molecule has 0 aliphatic rings. The minimum atomic E-state index is 0.345. The molecule has 0 amide bonds. The van der Waals surface area contributed by atoms with Crippen molar-refractivity contribution in [3.63, 3.8) is 0 Å². The third kappa shape index (κ3) is 2.57. The Bertz CT molecular complexity index is 573. The lowest BCUT2D eigenvalue weighted by atomic mass is 10.1. The summed E-state index contributed by atoms with van der Waals surface area (Å²) in [6.45, 7) is 6.04. The lowest BCUT2D eigenvalue weighted by molar-refractivity contribution is 0.458. The summed E-state index contributed by atoms with van der Waals surface area (Å²) in [5.74, 6) is 1.12. The summed E-state index contributed by atoms with van der Waals surface area (Å²) in [4.78, 5) is 4.09. The van der Waals surface area contributed by atoms with Gasteiger partial charge in [0.15, 0.2) is 0 Å². The van der Waals surface area contributed by atoms with Crippen LogP contribution in [0.4, 0.5) is 5.69 Å². The van der Waals surface area contributed by atoms with Crippen LogP contribution in [0.2, 0.25) is 5.15 Å². The summed E-state index contributed by atoms with van der Waals surface area (Å²) in [6, 6.07) is 7.44. The topological polar surface area (TPSA) is 48.1 Å². The first-order valence-corrected chi connectivity index (χ1v) is 6.03. The van der Waals surface area contributed by atoms with Crippen molar-refractivity contribution in [2.45, 2.75) is 20.8 Å². The molecule has 1 aromatic carbocycles. The molecule has 4 heteroatoms. The van der Waals surface area contributed by atoms with Crippen LogP contribution in [0, 0.1) is 20.8 Å². The average Bonchev–Trinajstić information content (AvgIpc) is 2.28. The third-order valence-electron chi connectivity index (χ3n) is 2.66. The monoisotopic (exact) mass is 262 g/mol. The number of halogens is 1. The normalized spacial score (nSPS) is 10.4. The van der Waals surface area contributed by atoms with Gasteiger partial charge in [0.1, 0.15) is 10.9 Å². The molecule has 18 heavy (non-hydrogen) atoms. The van der Waals surface area contributed by atoms with E-state index in [-0.39, 0.29) is 0 Å². The van der Waals surface area contributed by atoms with Crippen LogP contribution in [0.3, 0.4) is 0 Å². The van der Waals surface area contributed by atoms with Crippen LogP contribution in [-0.2, 0) is 0 Å². The second-order valence-corrected chi connectivity index (χ2v) is 4.75. The molecule has 0 aliphatic carbocycles. The van der Waals surface area contributed by atoms with Crippen molar-refractivity contribution in [3.05, 3.63) is 46.1 Å². The summed E-state index contributed by atoms with van der Waals surface area (Å²) in [7, 11) is 0. The maximum atomic E-state index is 5.84. The molecule has 0 bridgehead atoms. The van der Waals surface area contributed by atoms with E-state index in [4.69, 9.17) is 22.1 Å². The summed E-state index contributed by atoms with van der Waals surface area (Å²) >= 11 is 5.84. The van der Waals surface area contributed by atoms with Gasteiger partial charge in [0.2, 0.25) is 5.88 Å². The number of aryl methyl sites for hydroxylation is 3. The molecule has 94 valence electrons. The Morgan fingerprint density at radius 3 is 2.33 bits per heavy atom. The highest BCUT2D eigenvalue weighted by molar-refractivity contribution is 6.29. The minimum Gasteiger partial charge on any atom is -0.436 e. The van der Waals surface area contributed by atoms with E-state index < -0.39 is 0 Å². The molecule has 2 N–H and O–H groups in total. The molecule has 0 saturated heterocycles. The molecule has 0 spiro atoms. The van der Waals surface area contributed by atoms with Gasteiger partial charge in [-0.05, 0) is 44.0 Å². The van der Waals surface area contributed by atoms with Gasteiger partial charge >= 0.3 is 0 Å².